The molecule has 0 spiro atoms. The Balaban J connectivity index is 1.80. The van der Waals surface area contributed by atoms with Gasteiger partial charge in [0.05, 0.1) is 16.6 Å². The van der Waals surface area contributed by atoms with E-state index >= 15 is 0 Å². The van der Waals surface area contributed by atoms with Crippen LogP contribution in [-0.4, -0.2) is 28.7 Å². The van der Waals surface area contributed by atoms with Crippen molar-refractivity contribution in [2.75, 3.05) is 6.61 Å². The quantitative estimate of drug-likeness (QED) is 0.606. The second kappa shape index (κ2) is 8.17. The first-order valence-corrected chi connectivity index (χ1v) is 8.42. The molecule has 0 aliphatic heterocycles. The van der Waals surface area contributed by atoms with E-state index < -0.39 is 36.0 Å². The Hall–Kier alpha value is -3.37. The molecule has 3 aromatic rings. The normalized spacial score (nSPS) is 12.1. The van der Waals surface area contributed by atoms with Crippen LogP contribution in [0.15, 0.2) is 48.8 Å². The van der Waals surface area contributed by atoms with Gasteiger partial charge in [0.1, 0.15) is 0 Å². The monoisotopic (exact) mass is 429 g/mol. The molecular formula is C19H13F6N3O2. The van der Waals surface area contributed by atoms with Gasteiger partial charge in [-0.2, -0.15) is 26.3 Å². The van der Waals surface area contributed by atoms with Crippen molar-refractivity contribution in [3.05, 3.63) is 65.5 Å². The van der Waals surface area contributed by atoms with Gasteiger partial charge in [-0.3, -0.25) is 9.78 Å². The molecule has 0 unspecified atom stereocenters. The Morgan fingerprint density at radius 3 is 2.47 bits per heavy atom. The van der Waals surface area contributed by atoms with Crippen LogP contribution in [0.1, 0.15) is 21.5 Å². The number of hydrogen-bond acceptors (Lipinski definition) is 4. The van der Waals surface area contributed by atoms with E-state index in [1.807, 2.05) is 0 Å². The Morgan fingerprint density at radius 1 is 1.03 bits per heavy atom. The fraction of sp³-hybridized carbons (Fsp3) is 0.211. The highest BCUT2D eigenvalue weighted by atomic mass is 19.4. The molecule has 0 radical (unpaired) electrons. The van der Waals surface area contributed by atoms with E-state index in [1.165, 1.54) is 30.3 Å². The fourth-order valence-corrected chi connectivity index (χ4v) is 2.69. The average molecular weight is 429 g/mol. The lowest BCUT2D eigenvalue weighted by Gasteiger charge is -2.15. The van der Waals surface area contributed by atoms with Crippen LogP contribution in [0.4, 0.5) is 26.3 Å². The average Bonchev–Trinajstić information content (AvgIpc) is 2.68. The van der Waals surface area contributed by atoms with Gasteiger partial charge in [-0.25, -0.2) is 4.98 Å². The summed E-state index contributed by atoms with van der Waals surface area (Å²) in [5.41, 5.74) is -1.40. The van der Waals surface area contributed by atoms with E-state index in [0.29, 0.717) is 0 Å². The first kappa shape index (κ1) is 21.3. The molecule has 5 nitrogen and oxygen atoms in total. The third-order valence-corrected chi connectivity index (χ3v) is 3.94. The molecule has 1 N–H and O–H groups in total. The van der Waals surface area contributed by atoms with E-state index in [9.17, 15) is 31.1 Å². The van der Waals surface area contributed by atoms with Gasteiger partial charge >= 0.3 is 12.4 Å². The van der Waals surface area contributed by atoms with E-state index in [2.05, 4.69) is 20.0 Å². The fourth-order valence-electron chi connectivity index (χ4n) is 2.69. The van der Waals surface area contributed by atoms with Crippen LogP contribution in [0.5, 0.6) is 5.88 Å². The zero-order chi connectivity index (χ0) is 21.9. The van der Waals surface area contributed by atoms with Crippen molar-refractivity contribution in [1.82, 2.24) is 15.3 Å². The van der Waals surface area contributed by atoms with E-state index in [-0.39, 0.29) is 28.9 Å². The van der Waals surface area contributed by atoms with Gasteiger partial charge in [-0.15, -0.1) is 0 Å². The maximum absolute atomic E-state index is 13.6. The molecule has 158 valence electrons. The predicted molar refractivity (Wildman–Crippen MR) is 93.7 cm³/mol. The number of rotatable bonds is 5. The van der Waals surface area contributed by atoms with Gasteiger partial charge in [0.15, 0.2) is 6.61 Å². The summed E-state index contributed by atoms with van der Waals surface area (Å²) in [6.45, 7) is -1.80. The van der Waals surface area contributed by atoms with Gasteiger partial charge in [0, 0.05) is 30.4 Å². The molecule has 1 amide bonds. The Bertz CT molecular complexity index is 1070. The molecule has 11 heteroatoms. The molecule has 2 aromatic heterocycles. The lowest BCUT2D eigenvalue weighted by atomic mass is 10.0. The van der Waals surface area contributed by atoms with Crippen molar-refractivity contribution >= 4 is 16.8 Å². The van der Waals surface area contributed by atoms with Gasteiger partial charge < -0.3 is 10.1 Å². The summed E-state index contributed by atoms with van der Waals surface area (Å²) >= 11 is 0. The summed E-state index contributed by atoms with van der Waals surface area (Å²) in [5.74, 6) is -1.36. The minimum absolute atomic E-state index is 0.0852. The largest absolute Gasteiger partial charge is 0.468 e. The van der Waals surface area contributed by atoms with Crippen LogP contribution < -0.4 is 10.1 Å². The molecule has 2 heterocycles. The summed E-state index contributed by atoms with van der Waals surface area (Å²) in [6, 6.07) is 8.07. The van der Waals surface area contributed by atoms with Crippen molar-refractivity contribution in [3.63, 3.8) is 0 Å². The Kier molecular flexibility index (Phi) is 5.81. The number of carbonyl (C=O) groups excluding carboxylic acids is 1. The summed E-state index contributed by atoms with van der Waals surface area (Å²) < 4.78 is 82.0. The number of alkyl halides is 6. The number of benzene rings is 1. The number of nitrogens with zero attached hydrogens (tertiary/aromatic N) is 2. The number of fused-ring (bicyclic) bond motifs is 1. The highest BCUT2D eigenvalue weighted by Gasteiger charge is 2.37. The summed E-state index contributed by atoms with van der Waals surface area (Å²) in [7, 11) is 0. The van der Waals surface area contributed by atoms with Crippen molar-refractivity contribution < 1.29 is 35.9 Å². The van der Waals surface area contributed by atoms with Crippen LogP contribution in [0.3, 0.4) is 0 Å². The van der Waals surface area contributed by atoms with Crippen LogP contribution in [-0.2, 0) is 12.7 Å². The molecular weight excluding hydrogens is 416 g/mol. The van der Waals surface area contributed by atoms with Crippen molar-refractivity contribution in [2.45, 2.75) is 18.9 Å². The molecule has 0 aliphatic rings. The summed E-state index contributed by atoms with van der Waals surface area (Å²) in [5, 5.41) is 2.09. The lowest BCUT2D eigenvalue weighted by molar-refractivity contribution is -0.154. The third kappa shape index (κ3) is 5.16. The molecule has 30 heavy (non-hydrogen) atoms. The predicted octanol–water partition coefficient (Wildman–Crippen LogP) is 4.52. The number of carbonyl (C=O) groups is 1. The molecule has 0 atom stereocenters. The molecule has 0 bridgehead atoms. The first-order valence-electron chi connectivity index (χ1n) is 8.42. The number of nitrogens with one attached hydrogen (secondary N) is 1. The summed E-state index contributed by atoms with van der Waals surface area (Å²) in [4.78, 5) is 19.9. The SMILES string of the molecule is O=C(NCc1ccnc(OCC(F)(F)F)c1)c1cnc2ccccc2c1C(F)(F)F. The molecule has 3 rings (SSSR count). The number of ether oxygens (including phenoxy) is 1. The van der Waals surface area contributed by atoms with E-state index in [0.717, 1.165) is 18.5 Å². The number of para-hydroxylation sites is 1. The standard InChI is InChI=1S/C19H13F6N3O2/c20-18(21,22)10-30-15-7-11(5-6-26-15)8-28-17(29)13-9-27-14-4-2-1-3-12(14)16(13)19(23,24)25/h1-7,9H,8,10H2,(H,28,29). The van der Waals surface area contributed by atoms with Crippen molar-refractivity contribution in [2.24, 2.45) is 0 Å². The zero-order valence-corrected chi connectivity index (χ0v) is 15.0. The number of halogens is 6. The number of amides is 1. The lowest BCUT2D eigenvalue weighted by Crippen LogP contribution is -2.26. The van der Waals surface area contributed by atoms with Crippen molar-refractivity contribution in [3.8, 4) is 5.88 Å². The maximum atomic E-state index is 13.6. The Morgan fingerprint density at radius 2 is 1.77 bits per heavy atom. The van der Waals surface area contributed by atoms with Crippen molar-refractivity contribution in [1.29, 1.82) is 0 Å². The van der Waals surface area contributed by atoms with Crippen LogP contribution in [0.25, 0.3) is 10.9 Å². The highest BCUT2D eigenvalue weighted by molar-refractivity contribution is 6.00. The van der Waals surface area contributed by atoms with E-state index in [4.69, 9.17) is 0 Å². The number of pyridine rings is 2. The van der Waals surface area contributed by atoms with Crippen LogP contribution >= 0.6 is 0 Å². The van der Waals surface area contributed by atoms with Gasteiger partial charge in [0.25, 0.3) is 5.91 Å². The number of hydrogen-bond donors (Lipinski definition) is 1. The van der Waals surface area contributed by atoms with Crippen LogP contribution in [0, 0.1) is 0 Å². The molecule has 0 saturated carbocycles. The molecule has 1 aromatic carbocycles. The first-order chi connectivity index (χ1) is 14.0. The molecule has 0 aliphatic carbocycles. The van der Waals surface area contributed by atoms with Gasteiger partial charge in [-0.1, -0.05) is 18.2 Å². The smallest absolute Gasteiger partial charge is 0.422 e. The third-order valence-electron chi connectivity index (χ3n) is 3.94. The second-order valence-corrected chi connectivity index (χ2v) is 6.15. The Labute approximate surface area is 165 Å². The second-order valence-electron chi connectivity index (χ2n) is 6.15. The van der Waals surface area contributed by atoms with E-state index in [1.54, 1.807) is 0 Å². The zero-order valence-electron chi connectivity index (χ0n) is 15.0. The maximum Gasteiger partial charge on any atom is 0.422 e. The summed E-state index contributed by atoms with van der Waals surface area (Å²) in [6.07, 6.45) is -7.36. The minimum Gasteiger partial charge on any atom is -0.468 e. The van der Waals surface area contributed by atoms with Gasteiger partial charge in [-0.05, 0) is 17.7 Å². The van der Waals surface area contributed by atoms with Gasteiger partial charge in [0.2, 0.25) is 5.88 Å². The molecule has 0 fully saturated rings. The highest BCUT2D eigenvalue weighted by Crippen LogP contribution is 2.36. The topological polar surface area (TPSA) is 64.1 Å². The molecule has 0 saturated heterocycles. The minimum atomic E-state index is -4.80. The van der Waals surface area contributed by atoms with Crippen LogP contribution in [0.2, 0.25) is 0 Å². The number of aromatic nitrogens is 2.